The Morgan fingerprint density at radius 1 is 1.29 bits per heavy atom. The molecule has 3 nitrogen and oxygen atoms in total. The van der Waals surface area contributed by atoms with Crippen molar-refractivity contribution >= 4 is 0 Å². The van der Waals surface area contributed by atoms with Crippen LogP contribution in [0.4, 0.5) is 0 Å². The van der Waals surface area contributed by atoms with E-state index in [0.717, 1.165) is 6.42 Å². The molecular formula is C11H16N2O. The minimum Gasteiger partial charge on any atom is -0.498 e. The number of nitrogens with zero attached hydrogens (tertiary/aromatic N) is 2. The first-order valence-electron chi connectivity index (χ1n) is 5.06. The molecule has 0 amide bonds. The summed E-state index contributed by atoms with van der Waals surface area (Å²) in [7, 11) is 0. The third-order valence-electron chi connectivity index (χ3n) is 3.60. The van der Waals surface area contributed by atoms with E-state index < -0.39 is 0 Å². The van der Waals surface area contributed by atoms with Gasteiger partial charge in [-0.15, -0.1) is 0 Å². The van der Waals surface area contributed by atoms with Crippen LogP contribution < -0.4 is 0 Å². The van der Waals surface area contributed by atoms with E-state index >= 15 is 0 Å². The molecule has 0 spiro atoms. The molecule has 0 radical (unpaired) electrons. The monoisotopic (exact) mass is 192 g/mol. The van der Waals surface area contributed by atoms with Gasteiger partial charge in [0.15, 0.2) is 0 Å². The molecule has 1 fully saturated rings. The Bertz CT molecular complexity index is 297. The van der Waals surface area contributed by atoms with E-state index in [9.17, 15) is 5.21 Å². The van der Waals surface area contributed by atoms with E-state index in [1.54, 1.807) is 0 Å². The van der Waals surface area contributed by atoms with Crippen LogP contribution in [0.15, 0.2) is 0 Å². The maximum absolute atomic E-state index is 10.2. The minimum atomic E-state index is 0.102. The average Bonchev–Trinajstić information content (AvgIpc) is 2.18. The van der Waals surface area contributed by atoms with Crippen LogP contribution in [0, 0.1) is 41.5 Å². The standard InChI is InChI=1S/C11H16N2O/c1-7-5-11(12-4)9(3)8(2)10(7)6-13-14/h7-11H,5H2,1-3H3. The molecule has 0 bridgehead atoms. The molecule has 1 saturated carbocycles. The molecule has 14 heavy (non-hydrogen) atoms. The average molecular weight is 192 g/mol. The predicted molar refractivity (Wildman–Crippen MR) is 56.6 cm³/mol. The van der Waals surface area contributed by atoms with Crippen LogP contribution in [-0.2, 0) is 0 Å². The molecule has 0 aromatic carbocycles. The number of rotatable bonds is 0. The Morgan fingerprint density at radius 3 is 2.43 bits per heavy atom. The van der Waals surface area contributed by atoms with Crippen molar-refractivity contribution in [2.45, 2.75) is 33.2 Å². The van der Waals surface area contributed by atoms with Crippen LogP contribution in [0.5, 0.6) is 0 Å². The fourth-order valence-electron chi connectivity index (χ4n) is 2.41. The van der Waals surface area contributed by atoms with Crippen LogP contribution in [0.1, 0.15) is 27.2 Å². The second-order valence-corrected chi connectivity index (χ2v) is 4.37. The lowest BCUT2D eigenvalue weighted by Gasteiger charge is -2.33. The van der Waals surface area contributed by atoms with Crippen molar-refractivity contribution in [2.75, 3.05) is 0 Å². The highest BCUT2D eigenvalue weighted by atomic mass is 16.4. The van der Waals surface area contributed by atoms with E-state index in [0.29, 0.717) is 17.8 Å². The lowest BCUT2D eigenvalue weighted by atomic mass is 9.67. The van der Waals surface area contributed by atoms with Gasteiger partial charge in [0.2, 0.25) is 6.04 Å². The minimum absolute atomic E-state index is 0.102. The maximum atomic E-state index is 10.2. The molecule has 1 aliphatic rings. The number of hydrogen-bond acceptors (Lipinski definition) is 1. The van der Waals surface area contributed by atoms with Gasteiger partial charge in [-0.3, -0.25) is 0 Å². The Morgan fingerprint density at radius 2 is 1.93 bits per heavy atom. The molecular weight excluding hydrogens is 176 g/mol. The summed E-state index contributed by atoms with van der Waals surface area (Å²) in [5, 5.41) is 13.0. The van der Waals surface area contributed by atoms with E-state index in [1.807, 2.05) is 0 Å². The normalized spacial score (nSPS) is 42.0. The molecule has 1 rings (SSSR count). The molecule has 1 aliphatic carbocycles. The van der Waals surface area contributed by atoms with E-state index in [2.05, 4.69) is 36.7 Å². The maximum Gasteiger partial charge on any atom is 0.302 e. The van der Waals surface area contributed by atoms with Gasteiger partial charge >= 0.3 is 6.07 Å². The molecule has 0 N–H and O–H groups in total. The van der Waals surface area contributed by atoms with Crippen molar-refractivity contribution in [1.82, 2.24) is 0 Å². The van der Waals surface area contributed by atoms with Crippen LogP contribution >= 0.6 is 0 Å². The highest BCUT2D eigenvalue weighted by Crippen LogP contribution is 2.39. The topological polar surface area (TPSA) is 31.8 Å². The largest absolute Gasteiger partial charge is 0.498 e. The van der Waals surface area contributed by atoms with E-state index in [4.69, 9.17) is 6.57 Å². The summed E-state index contributed by atoms with van der Waals surface area (Å²) in [6.45, 7) is 13.3. The molecule has 5 unspecified atom stereocenters. The summed E-state index contributed by atoms with van der Waals surface area (Å²) in [5.41, 5.74) is 0. The van der Waals surface area contributed by atoms with Crippen molar-refractivity contribution in [1.29, 1.82) is 0 Å². The molecule has 0 heterocycles. The van der Waals surface area contributed by atoms with Gasteiger partial charge in [0.25, 0.3) is 0 Å². The first kappa shape index (κ1) is 10.9. The Hall–Kier alpha value is -1.22. The van der Waals surface area contributed by atoms with Crippen molar-refractivity contribution < 1.29 is 0 Å². The highest BCUT2D eigenvalue weighted by Gasteiger charge is 2.43. The van der Waals surface area contributed by atoms with Gasteiger partial charge in [0.1, 0.15) is 5.92 Å². The summed E-state index contributed by atoms with van der Waals surface area (Å²) in [5.74, 6) is 1.14. The highest BCUT2D eigenvalue weighted by molar-refractivity contribution is 5.06. The quantitative estimate of drug-likeness (QED) is 0.429. The van der Waals surface area contributed by atoms with Gasteiger partial charge in [0.05, 0.1) is 0 Å². The summed E-state index contributed by atoms with van der Waals surface area (Å²) < 4.78 is 0. The van der Waals surface area contributed by atoms with Crippen molar-refractivity contribution in [2.24, 2.45) is 23.7 Å². The zero-order valence-corrected chi connectivity index (χ0v) is 8.90. The third kappa shape index (κ3) is 1.82. The van der Waals surface area contributed by atoms with Crippen LogP contribution in [0.3, 0.4) is 0 Å². The number of hydrogen-bond donors (Lipinski definition) is 0. The van der Waals surface area contributed by atoms with E-state index in [-0.39, 0.29) is 12.0 Å². The van der Waals surface area contributed by atoms with Gasteiger partial charge in [0, 0.05) is 17.3 Å². The molecule has 0 aromatic heterocycles. The van der Waals surface area contributed by atoms with Gasteiger partial charge < -0.3 is 10.1 Å². The Labute approximate surface area is 85.3 Å². The lowest BCUT2D eigenvalue weighted by molar-refractivity contribution is 0.156. The molecule has 0 aromatic rings. The van der Waals surface area contributed by atoms with Crippen molar-refractivity contribution in [3.63, 3.8) is 0 Å². The molecule has 0 saturated heterocycles. The third-order valence-corrected chi connectivity index (χ3v) is 3.60. The predicted octanol–water partition coefficient (Wildman–Crippen LogP) is 3.03. The summed E-state index contributed by atoms with van der Waals surface area (Å²) >= 11 is 0. The fourth-order valence-corrected chi connectivity index (χ4v) is 2.41. The summed E-state index contributed by atoms with van der Waals surface area (Å²) in [6, 6.07) is 2.73. The Kier molecular flexibility index (Phi) is 3.36. The van der Waals surface area contributed by atoms with Crippen LogP contribution in [0.25, 0.3) is 9.85 Å². The van der Waals surface area contributed by atoms with Crippen molar-refractivity contribution in [3.8, 4) is 6.07 Å². The second kappa shape index (κ2) is 4.33. The van der Waals surface area contributed by atoms with Gasteiger partial charge in [-0.2, -0.15) is 0 Å². The summed E-state index contributed by atoms with van der Waals surface area (Å²) in [4.78, 5) is 3.64. The zero-order valence-electron chi connectivity index (χ0n) is 8.90. The zero-order chi connectivity index (χ0) is 10.7. The first-order valence-corrected chi connectivity index (χ1v) is 5.06. The Balaban J connectivity index is 2.83. The van der Waals surface area contributed by atoms with E-state index in [1.165, 1.54) is 0 Å². The molecule has 5 atom stereocenters. The van der Waals surface area contributed by atoms with Gasteiger partial charge in [-0.1, -0.05) is 20.8 Å². The van der Waals surface area contributed by atoms with Gasteiger partial charge in [-0.25, -0.2) is 6.57 Å². The molecule has 76 valence electrons. The fraction of sp³-hybridized carbons (Fsp3) is 0.818. The SMILES string of the molecule is [C-]#[N+]C1CC(C)C(C#[N+][O-])C(C)C1C. The molecule has 3 heteroatoms. The first-order chi connectivity index (χ1) is 6.61. The smallest absolute Gasteiger partial charge is 0.302 e. The molecule has 0 aliphatic heterocycles. The van der Waals surface area contributed by atoms with Crippen LogP contribution in [-0.4, -0.2) is 6.04 Å². The van der Waals surface area contributed by atoms with Crippen molar-refractivity contribution in [3.05, 3.63) is 21.6 Å². The summed E-state index contributed by atoms with van der Waals surface area (Å²) in [6.07, 6.45) is 0.863. The lowest BCUT2D eigenvalue weighted by Crippen LogP contribution is -2.37. The second-order valence-electron chi connectivity index (χ2n) is 4.37. The van der Waals surface area contributed by atoms with Gasteiger partial charge in [-0.05, 0) is 11.8 Å². The van der Waals surface area contributed by atoms with Crippen LogP contribution in [0.2, 0.25) is 0 Å².